The van der Waals surface area contributed by atoms with E-state index in [2.05, 4.69) is 5.32 Å². The van der Waals surface area contributed by atoms with Crippen molar-refractivity contribution < 1.29 is 9.90 Å². The van der Waals surface area contributed by atoms with E-state index in [0.29, 0.717) is 0 Å². The maximum absolute atomic E-state index is 11.6. The number of hydrogen-bond donors (Lipinski definition) is 2. The van der Waals surface area contributed by atoms with E-state index in [0.717, 1.165) is 0 Å². The van der Waals surface area contributed by atoms with Crippen LogP contribution >= 0.6 is 0 Å². The molecule has 3 nitrogen and oxygen atoms in total. The summed E-state index contributed by atoms with van der Waals surface area (Å²) in [5, 5.41) is 11.9. The third-order valence-corrected chi connectivity index (χ3v) is 2.96. The molecule has 3 heteroatoms. The largest absolute Gasteiger partial charge is 0.396 e. The third-order valence-electron chi connectivity index (χ3n) is 2.96. The lowest BCUT2D eigenvalue weighted by Crippen LogP contribution is -2.32. The third kappa shape index (κ3) is 1.85. The van der Waals surface area contributed by atoms with Crippen LogP contribution < -0.4 is 5.32 Å². The Hall–Kier alpha value is -0.570. The standard InChI is InChI=1S/C10H19NO2/c1-6(2)11-9(13)8-7(5-12)10(8,3)4/h6-8,12H,5H2,1-4H3,(H,11,13)/t7-,8-/m0/s1. The fourth-order valence-corrected chi connectivity index (χ4v) is 1.98. The van der Waals surface area contributed by atoms with Crippen molar-refractivity contribution >= 4 is 5.91 Å². The zero-order chi connectivity index (χ0) is 10.2. The summed E-state index contributed by atoms with van der Waals surface area (Å²) in [6.45, 7) is 8.06. The Labute approximate surface area is 79.5 Å². The Balaban J connectivity index is 2.52. The number of carbonyl (C=O) groups is 1. The number of carbonyl (C=O) groups excluding carboxylic acids is 1. The SMILES string of the molecule is CC(C)NC(=O)[C@@H]1[C@H](CO)C1(C)C. The molecule has 0 aromatic heterocycles. The molecule has 0 aromatic carbocycles. The van der Waals surface area contributed by atoms with Crippen molar-refractivity contribution in [2.24, 2.45) is 17.3 Å². The molecule has 0 unspecified atom stereocenters. The fourth-order valence-electron chi connectivity index (χ4n) is 1.98. The molecule has 1 rings (SSSR count). The molecule has 0 aliphatic heterocycles. The highest BCUT2D eigenvalue weighted by Crippen LogP contribution is 2.57. The maximum Gasteiger partial charge on any atom is 0.224 e. The number of nitrogens with one attached hydrogen (secondary N) is 1. The summed E-state index contributed by atoms with van der Waals surface area (Å²) in [5.41, 5.74) is -0.0201. The Morgan fingerprint density at radius 3 is 2.38 bits per heavy atom. The van der Waals surface area contributed by atoms with E-state index < -0.39 is 0 Å². The molecule has 0 heterocycles. The van der Waals surface area contributed by atoms with Crippen LogP contribution in [-0.2, 0) is 4.79 Å². The Morgan fingerprint density at radius 1 is 1.54 bits per heavy atom. The van der Waals surface area contributed by atoms with Crippen molar-refractivity contribution in [3.8, 4) is 0 Å². The first-order valence-electron chi connectivity index (χ1n) is 4.82. The molecule has 0 bridgehead atoms. The van der Waals surface area contributed by atoms with Crippen LogP contribution in [0.4, 0.5) is 0 Å². The van der Waals surface area contributed by atoms with E-state index in [-0.39, 0.29) is 35.8 Å². The summed E-state index contributed by atoms with van der Waals surface area (Å²) < 4.78 is 0. The molecule has 0 saturated heterocycles. The van der Waals surface area contributed by atoms with Crippen molar-refractivity contribution in [3.05, 3.63) is 0 Å². The Bertz CT molecular complexity index is 211. The second-order valence-corrected chi connectivity index (χ2v) is 4.75. The molecule has 2 atom stereocenters. The van der Waals surface area contributed by atoms with Crippen molar-refractivity contribution in [1.29, 1.82) is 0 Å². The molecular weight excluding hydrogens is 166 g/mol. The van der Waals surface area contributed by atoms with Gasteiger partial charge in [-0.2, -0.15) is 0 Å². The van der Waals surface area contributed by atoms with Crippen LogP contribution in [0, 0.1) is 17.3 Å². The van der Waals surface area contributed by atoms with E-state index in [4.69, 9.17) is 5.11 Å². The molecule has 1 amide bonds. The molecule has 0 aromatic rings. The minimum Gasteiger partial charge on any atom is -0.396 e. The molecule has 13 heavy (non-hydrogen) atoms. The van der Waals surface area contributed by atoms with Crippen molar-refractivity contribution in [2.75, 3.05) is 6.61 Å². The van der Waals surface area contributed by atoms with Gasteiger partial charge in [0, 0.05) is 18.6 Å². The van der Waals surface area contributed by atoms with Gasteiger partial charge in [-0.3, -0.25) is 4.79 Å². The first-order valence-corrected chi connectivity index (χ1v) is 4.82. The zero-order valence-corrected chi connectivity index (χ0v) is 8.79. The van der Waals surface area contributed by atoms with Crippen molar-refractivity contribution in [1.82, 2.24) is 5.32 Å². The van der Waals surface area contributed by atoms with E-state index in [1.165, 1.54) is 0 Å². The summed E-state index contributed by atoms with van der Waals surface area (Å²) in [6, 6.07) is 0.184. The predicted molar refractivity (Wildman–Crippen MR) is 51.1 cm³/mol. The highest BCUT2D eigenvalue weighted by Gasteiger charge is 2.61. The molecule has 1 aliphatic carbocycles. The summed E-state index contributed by atoms with van der Waals surface area (Å²) >= 11 is 0. The van der Waals surface area contributed by atoms with Gasteiger partial charge in [0.1, 0.15) is 0 Å². The normalized spacial score (nSPS) is 30.3. The van der Waals surface area contributed by atoms with Crippen LogP contribution in [0.15, 0.2) is 0 Å². The van der Waals surface area contributed by atoms with Gasteiger partial charge < -0.3 is 10.4 Å². The van der Waals surface area contributed by atoms with Crippen LogP contribution in [0.5, 0.6) is 0 Å². The molecular formula is C10H19NO2. The number of amides is 1. The average molecular weight is 185 g/mol. The van der Waals surface area contributed by atoms with Gasteiger partial charge in [-0.05, 0) is 25.2 Å². The van der Waals surface area contributed by atoms with E-state index in [1.807, 2.05) is 27.7 Å². The number of hydrogen-bond acceptors (Lipinski definition) is 2. The second-order valence-electron chi connectivity index (χ2n) is 4.75. The van der Waals surface area contributed by atoms with Gasteiger partial charge in [-0.1, -0.05) is 13.8 Å². The summed E-state index contributed by atoms with van der Waals surface area (Å²) in [5.74, 6) is 0.227. The average Bonchev–Trinajstić information content (AvgIpc) is 2.51. The first-order chi connectivity index (χ1) is 5.91. The highest BCUT2D eigenvalue weighted by molar-refractivity contribution is 5.83. The molecule has 1 saturated carbocycles. The van der Waals surface area contributed by atoms with E-state index >= 15 is 0 Å². The minimum atomic E-state index is -0.0201. The molecule has 0 spiro atoms. The molecule has 2 N–H and O–H groups in total. The lowest BCUT2D eigenvalue weighted by molar-refractivity contribution is -0.123. The predicted octanol–water partition coefficient (Wildman–Crippen LogP) is 0.775. The molecule has 0 radical (unpaired) electrons. The smallest absolute Gasteiger partial charge is 0.224 e. The van der Waals surface area contributed by atoms with E-state index in [9.17, 15) is 4.79 Å². The van der Waals surface area contributed by atoms with Crippen LogP contribution in [0.1, 0.15) is 27.7 Å². The van der Waals surface area contributed by atoms with Crippen molar-refractivity contribution in [3.63, 3.8) is 0 Å². The van der Waals surface area contributed by atoms with Gasteiger partial charge in [0.2, 0.25) is 5.91 Å². The highest BCUT2D eigenvalue weighted by atomic mass is 16.3. The second kappa shape index (κ2) is 3.29. The number of aliphatic hydroxyl groups excluding tert-OH is 1. The quantitative estimate of drug-likeness (QED) is 0.682. The summed E-state index contributed by atoms with van der Waals surface area (Å²) in [4.78, 5) is 11.6. The van der Waals surface area contributed by atoms with Gasteiger partial charge in [0.15, 0.2) is 0 Å². The summed E-state index contributed by atoms with van der Waals surface area (Å²) in [7, 11) is 0. The lowest BCUT2D eigenvalue weighted by Gasteiger charge is -2.08. The van der Waals surface area contributed by atoms with Crippen LogP contribution in [-0.4, -0.2) is 23.7 Å². The van der Waals surface area contributed by atoms with Gasteiger partial charge >= 0.3 is 0 Å². The van der Waals surface area contributed by atoms with Crippen LogP contribution in [0.3, 0.4) is 0 Å². The topological polar surface area (TPSA) is 49.3 Å². The van der Waals surface area contributed by atoms with Gasteiger partial charge in [-0.25, -0.2) is 0 Å². The van der Waals surface area contributed by atoms with Gasteiger partial charge in [0.05, 0.1) is 0 Å². The fraction of sp³-hybridized carbons (Fsp3) is 0.900. The number of rotatable bonds is 3. The monoisotopic (exact) mass is 185 g/mol. The Kier molecular flexibility index (Phi) is 2.66. The van der Waals surface area contributed by atoms with Gasteiger partial charge in [0.25, 0.3) is 0 Å². The van der Waals surface area contributed by atoms with Gasteiger partial charge in [-0.15, -0.1) is 0 Å². The van der Waals surface area contributed by atoms with Crippen molar-refractivity contribution in [2.45, 2.75) is 33.7 Å². The number of aliphatic hydroxyl groups is 1. The minimum absolute atomic E-state index is 0.0000926. The zero-order valence-electron chi connectivity index (χ0n) is 8.79. The first kappa shape index (κ1) is 10.5. The molecule has 1 aliphatic rings. The molecule has 76 valence electrons. The van der Waals surface area contributed by atoms with Crippen LogP contribution in [0.2, 0.25) is 0 Å². The summed E-state index contributed by atoms with van der Waals surface area (Å²) in [6.07, 6.45) is 0. The Morgan fingerprint density at radius 2 is 2.08 bits per heavy atom. The molecule has 1 fully saturated rings. The van der Waals surface area contributed by atoms with Crippen LogP contribution in [0.25, 0.3) is 0 Å². The maximum atomic E-state index is 11.6. The van der Waals surface area contributed by atoms with E-state index in [1.54, 1.807) is 0 Å². The lowest BCUT2D eigenvalue weighted by atomic mass is 10.1.